The van der Waals surface area contributed by atoms with E-state index < -0.39 is 117 Å². The van der Waals surface area contributed by atoms with Crippen molar-refractivity contribution >= 4 is 18.1 Å². The van der Waals surface area contributed by atoms with Crippen LogP contribution in [0.25, 0.3) is 0 Å². The summed E-state index contributed by atoms with van der Waals surface area (Å²) in [7, 11) is 0. The van der Waals surface area contributed by atoms with E-state index in [-0.39, 0.29) is 6.29 Å². The molecule has 0 bridgehead atoms. The van der Waals surface area contributed by atoms with Gasteiger partial charge in [-0.2, -0.15) is 0 Å². The molecule has 0 aliphatic carbocycles. The molecule has 40 heavy (non-hydrogen) atoms. The third kappa shape index (κ3) is 7.36. The van der Waals surface area contributed by atoms with Crippen LogP contribution in [0, 0.1) is 0 Å². The Morgan fingerprint density at radius 2 is 1.50 bits per heavy atom. The van der Waals surface area contributed by atoms with E-state index in [0.29, 0.717) is 4.90 Å². The number of carbonyl (C=O) groups excluding carboxylic acids is 3. The molecule has 0 aromatic rings. The minimum absolute atomic E-state index is 0.166. The molecule has 2 amide bonds. The summed E-state index contributed by atoms with van der Waals surface area (Å²) >= 11 is 0. The van der Waals surface area contributed by atoms with Gasteiger partial charge < -0.3 is 76.1 Å². The second-order valence-electron chi connectivity index (χ2n) is 9.55. The van der Waals surface area contributed by atoms with E-state index in [1.165, 1.54) is 0 Å². The Hall–Kier alpha value is -1.75. The Morgan fingerprint density at radius 1 is 0.950 bits per heavy atom. The normalized spacial score (nSPS) is 37.7. The lowest BCUT2D eigenvalue weighted by Crippen LogP contribution is -2.70. The van der Waals surface area contributed by atoms with Gasteiger partial charge in [-0.25, -0.2) is 0 Å². The summed E-state index contributed by atoms with van der Waals surface area (Å²) in [6.45, 7) is -0.605. The number of hydrogen-bond donors (Lipinski definition) is 10. The smallest absolute Gasteiger partial charge is 0.226 e. The highest BCUT2D eigenvalue weighted by Crippen LogP contribution is 2.32. The van der Waals surface area contributed by atoms with Crippen molar-refractivity contribution in [3.8, 4) is 0 Å². The van der Waals surface area contributed by atoms with E-state index in [4.69, 9.17) is 30.4 Å². The van der Waals surface area contributed by atoms with Crippen molar-refractivity contribution in [3.05, 3.63) is 0 Å². The number of amides is 2. The molecule has 2 heterocycles. The maximum Gasteiger partial charge on any atom is 0.226 e. The Balaban J connectivity index is 2.36. The molecular formula is C22H39N3O15. The number of hydrogen-bond acceptors (Lipinski definition) is 17. The van der Waals surface area contributed by atoms with Crippen LogP contribution in [-0.2, 0) is 33.3 Å². The van der Waals surface area contributed by atoms with Gasteiger partial charge in [0.05, 0.1) is 31.9 Å². The van der Waals surface area contributed by atoms with E-state index in [2.05, 4.69) is 0 Å². The van der Waals surface area contributed by atoms with Crippen molar-refractivity contribution in [1.29, 1.82) is 0 Å². The Morgan fingerprint density at radius 3 is 1.98 bits per heavy atom. The van der Waals surface area contributed by atoms with E-state index in [1.54, 1.807) is 0 Å². The average Bonchev–Trinajstić information content (AvgIpc) is 2.92. The number of aldehydes is 1. The van der Waals surface area contributed by atoms with Gasteiger partial charge in [-0.15, -0.1) is 0 Å². The van der Waals surface area contributed by atoms with Gasteiger partial charge in [0, 0.05) is 13.8 Å². The van der Waals surface area contributed by atoms with Crippen LogP contribution in [0.15, 0.2) is 0 Å². The number of aliphatic hydroxyl groups excluding tert-OH is 8. The van der Waals surface area contributed by atoms with Crippen LogP contribution in [0.2, 0.25) is 0 Å². The quantitative estimate of drug-likeness (QED) is 0.0951. The molecule has 0 radical (unpaired) electrons. The van der Waals surface area contributed by atoms with Crippen LogP contribution < -0.4 is 11.5 Å². The fourth-order valence-electron chi connectivity index (χ4n) is 4.59. The van der Waals surface area contributed by atoms with Gasteiger partial charge in [-0.1, -0.05) is 0 Å². The highest BCUT2D eigenvalue weighted by atomic mass is 16.7. The zero-order chi connectivity index (χ0) is 30.5. The van der Waals surface area contributed by atoms with Gasteiger partial charge in [0.25, 0.3) is 0 Å². The number of nitrogens with two attached hydrogens (primary N) is 2. The molecule has 12 N–H and O–H groups in total. The van der Waals surface area contributed by atoms with Crippen molar-refractivity contribution in [2.24, 2.45) is 11.5 Å². The molecule has 14 atom stereocenters. The number of carbonyl (C=O) groups is 3. The maximum absolute atomic E-state index is 12.2. The van der Waals surface area contributed by atoms with Gasteiger partial charge in [0.1, 0.15) is 67.3 Å². The standard InChI is InChI=1S/C22H39N3O15/c1-7(30)25(8(2)31)14-18(36)16(34)11(5-28)37-22(14)40-20-12(6-29)38-21(13(24)17(20)35)39-19(10(32)4-27)15(33)9(23)3-26/h3,9-22,27-29,32-36H,4-6,23-24H2,1-2H3/t9-,10+,11+,12+,13+,14+,15+,16+,17+,18+,19+,20+,21-,22-/m0/s1. The monoisotopic (exact) mass is 585 g/mol. The number of nitrogens with zero attached hydrogens (tertiary/aromatic N) is 1. The van der Waals surface area contributed by atoms with Crippen LogP contribution >= 0.6 is 0 Å². The molecule has 2 aliphatic heterocycles. The number of rotatable bonds is 12. The molecule has 0 unspecified atom stereocenters. The lowest BCUT2D eigenvalue weighted by Gasteiger charge is -2.49. The SMILES string of the molecule is CC(=O)N(C(C)=O)[C@H]1[C@H](O[C@H]2[C@H](O)[C@@H](N)[C@H](O[C@@H]([C@H](O)[C@@H](N)C=O)[C@H](O)CO)O[C@@H]2CO)O[C@H](CO)[C@@H](O)[C@@H]1O. The number of imide groups is 1. The number of aliphatic hydroxyl groups is 8. The topological polar surface area (TPSA) is 305 Å². The van der Waals surface area contributed by atoms with Gasteiger partial charge in [-0.3, -0.25) is 14.5 Å². The Labute approximate surface area is 228 Å². The summed E-state index contributed by atoms with van der Waals surface area (Å²) in [5, 5.41) is 81.3. The summed E-state index contributed by atoms with van der Waals surface area (Å²) < 4.78 is 22.3. The summed E-state index contributed by atoms with van der Waals surface area (Å²) in [5.74, 6) is -1.71. The van der Waals surface area contributed by atoms with Crippen molar-refractivity contribution in [2.75, 3.05) is 19.8 Å². The summed E-state index contributed by atoms with van der Waals surface area (Å²) in [4.78, 5) is 36.0. The van der Waals surface area contributed by atoms with Crippen LogP contribution in [0.3, 0.4) is 0 Å². The van der Waals surface area contributed by atoms with Crippen LogP contribution in [0.5, 0.6) is 0 Å². The molecule has 2 rings (SSSR count). The molecule has 18 heteroatoms. The second kappa shape index (κ2) is 14.9. The molecule has 0 aromatic heterocycles. The fraction of sp³-hybridized carbons (Fsp3) is 0.864. The van der Waals surface area contributed by atoms with Gasteiger partial charge in [0.15, 0.2) is 12.6 Å². The minimum Gasteiger partial charge on any atom is -0.394 e. The third-order valence-electron chi connectivity index (χ3n) is 6.76. The first-order chi connectivity index (χ1) is 18.7. The van der Waals surface area contributed by atoms with Crippen molar-refractivity contribution in [1.82, 2.24) is 4.90 Å². The number of ether oxygens (including phenoxy) is 4. The van der Waals surface area contributed by atoms with E-state index in [0.717, 1.165) is 13.8 Å². The lowest BCUT2D eigenvalue weighted by atomic mass is 9.94. The zero-order valence-corrected chi connectivity index (χ0v) is 21.8. The summed E-state index contributed by atoms with van der Waals surface area (Å²) in [5.41, 5.74) is 11.5. The van der Waals surface area contributed by atoms with Crippen molar-refractivity contribution in [2.45, 2.75) is 99.5 Å². The highest BCUT2D eigenvalue weighted by Gasteiger charge is 2.53. The van der Waals surface area contributed by atoms with E-state index in [9.17, 15) is 55.2 Å². The predicted octanol–water partition coefficient (Wildman–Crippen LogP) is -7.39. The Bertz CT molecular complexity index is 838. The van der Waals surface area contributed by atoms with Crippen molar-refractivity contribution in [3.63, 3.8) is 0 Å². The molecule has 0 saturated carbocycles. The molecule has 18 nitrogen and oxygen atoms in total. The minimum atomic E-state index is -1.87. The maximum atomic E-state index is 12.2. The van der Waals surface area contributed by atoms with E-state index in [1.807, 2.05) is 0 Å². The van der Waals surface area contributed by atoms with Gasteiger partial charge in [-0.05, 0) is 0 Å². The Kier molecular flexibility index (Phi) is 12.9. The third-order valence-corrected chi connectivity index (χ3v) is 6.76. The second-order valence-corrected chi connectivity index (χ2v) is 9.55. The summed E-state index contributed by atoms with van der Waals surface area (Å²) in [6, 6.07) is -4.77. The van der Waals surface area contributed by atoms with Gasteiger partial charge in [0.2, 0.25) is 11.8 Å². The van der Waals surface area contributed by atoms with Crippen LogP contribution in [0.1, 0.15) is 13.8 Å². The van der Waals surface area contributed by atoms with Crippen molar-refractivity contribution < 1.29 is 74.2 Å². The van der Waals surface area contributed by atoms with Crippen LogP contribution in [0.4, 0.5) is 0 Å². The van der Waals surface area contributed by atoms with Gasteiger partial charge >= 0.3 is 0 Å². The molecule has 0 aromatic carbocycles. The van der Waals surface area contributed by atoms with Crippen LogP contribution in [-0.4, -0.2) is 169 Å². The molecule has 2 aliphatic rings. The zero-order valence-electron chi connectivity index (χ0n) is 21.8. The fourth-order valence-corrected chi connectivity index (χ4v) is 4.59. The predicted molar refractivity (Wildman–Crippen MR) is 127 cm³/mol. The summed E-state index contributed by atoms with van der Waals surface area (Å²) in [6.07, 6.45) is -18.6. The largest absolute Gasteiger partial charge is 0.394 e. The molecular weight excluding hydrogens is 546 g/mol. The first-order valence-corrected chi connectivity index (χ1v) is 12.4. The molecule has 232 valence electrons. The molecule has 2 saturated heterocycles. The average molecular weight is 586 g/mol. The highest BCUT2D eigenvalue weighted by molar-refractivity contribution is 5.93. The molecule has 0 spiro atoms. The first kappa shape index (κ1) is 34.5. The lowest BCUT2D eigenvalue weighted by molar-refractivity contribution is -0.344. The molecule has 2 fully saturated rings. The van der Waals surface area contributed by atoms with E-state index >= 15 is 0 Å². The first-order valence-electron chi connectivity index (χ1n) is 12.4.